The van der Waals surface area contributed by atoms with Crippen LogP contribution in [0.1, 0.15) is 107 Å². The number of urea groups is 2. The summed E-state index contributed by atoms with van der Waals surface area (Å²) in [6.07, 6.45) is 12.0. The van der Waals surface area contributed by atoms with Crippen molar-refractivity contribution in [1.29, 1.82) is 0 Å². The van der Waals surface area contributed by atoms with Gasteiger partial charge in [0.05, 0.1) is 12.1 Å². The number of hydrogen-bond acceptors (Lipinski definition) is 4. The highest BCUT2D eigenvalue weighted by molar-refractivity contribution is 5.75. The number of carbonyl (C=O) groups excluding carboxylic acids is 2. The molecule has 2 fully saturated rings. The van der Waals surface area contributed by atoms with Crippen molar-refractivity contribution in [3.05, 3.63) is 25.3 Å². The number of carbonyl (C=O) groups is 2. The van der Waals surface area contributed by atoms with Crippen LogP contribution >= 0.6 is 0 Å². The molecule has 2 rings (SSSR count). The van der Waals surface area contributed by atoms with Crippen molar-refractivity contribution in [3.63, 3.8) is 0 Å². The van der Waals surface area contributed by atoms with E-state index in [1.165, 1.54) is 0 Å². The van der Waals surface area contributed by atoms with E-state index in [-0.39, 0.29) is 46.3 Å². The second-order valence-corrected chi connectivity index (χ2v) is 16.0. The van der Waals surface area contributed by atoms with Crippen molar-refractivity contribution >= 4 is 12.1 Å². The zero-order chi connectivity index (χ0) is 33.7. The molecule has 8 nitrogen and oxygen atoms in total. The topological polar surface area (TPSA) is 53.6 Å². The van der Waals surface area contributed by atoms with Gasteiger partial charge in [-0.1, -0.05) is 25.0 Å². The van der Waals surface area contributed by atoms with E-state index in [2.05, 4.69) is 88.1 Å². The monoisotopic (exact) mass is 617 g/mol. The Kier molecular flexibility index (Phi) is 13.0. The van der Waals surface area contributed by atoms with Crippen LogP contribution < -0.4 is 0 Å². The maximum absolute atomic E-state index is 13.5. The van der Waals surface area contributed by atoms with Gasteiger partial charge in [0, 0.05) is 76.5 Å². The predicted molar refractivity (Wildman–Crippen MR) is 186 cm³/mol. The molecule has 0 saturated carbocycles. The summed E-state index contributed by atoms with van der Waals surface area (Å²) in [7, 11) is 7.43. The smallest absolute Gasteiger partial charge is 0.319 e. The zero-order valence-corrected chi connectivity index (χ0v) is 30.7. The molecule has 4 amide bonds. The Morgan fingerprint density at radius 3 is 1.23 bits per heavy atom. The molecule has 2 atom stereocenters. The number of nitrogens with zero attached hydrogens (tertiary/aromatic N) is 6. The molecule has 0 aliphatic carbocycles. The van der Waals surface area contributed by atoms with Gasteiger partial charge in [-0.3, -0.25) is 9.80 Å². The van der Waals surface area contributed by atoms with E-state index in [0.29, 0.717) is 0 Å². The number of amides is 4. The van der Waals surface area contributed by atoms with Gasteiger partial charge in [-0.2, -0.15) is 0 Å². The quantitative estimate of drug-likeness (QED) is 0.166. The Labute approximate surface area is 271 Å². The number of unbranched alkanes of at least 4 members (excludes halogenated alkanes) is 3. The molecule has 44 heavy (non-hydrogen) atoms. The molecule has 2 heterocycles. The first-order valence-electron chi connectivity index (χ1n) is 17.0. The van der Waals surface area contributed by atoms with E-state index < -0.39 is 0 Å². The first-order chi connectivity index (χ1) is 20.3. The van der Waals surface area contributed by atoms with Crippen LogP contribution in [0.15, 0.2) is 25.3 Å². The molecule has 0 aromatic heterocycles. The molecule has 0 aromatic rings. The highest BCUT2D eigenvalue weighted by Crippen LogP contribution is 2.42. The minimum Gasteiger partial charge on any atom is -0.331 e. The van der Waals surface area contributed by atoms with Crippen LogP contribution in [0.5, 0.6) is 0 Å². The zero-order valence-electron chi connectivity index (χ0n) is 30.7. The summed E-state index contributed by atoms with van der Waals surface area (Å²) in [6, 6.07) is 0.455. The first kappa shape index (κ1) is 38.1. The summed E-state index contributed by atoms with van der Waals surface area (Å²) in [5.74, 6) is 0. The van der Waals surface area contributed by atoms with Gasteiger partial charge in [0.25, 0.3) is 0 Å². The van der Waals surface area contributed by atoms with Gasteiger partial charge in [-0.05, 0) is 93.9 Å². The van der Waals surface area contributed by atoms with Gasteiger partial charge < -0.3 is 19.6 Å². The SMILES string of the molecule is C=CCN1C(C)(C)CCC(N(CCCCCCN(C(=O)N(C)C)C2CCC(C)(C)N(CC=C)C2(C)C)C(=O)N(C)C)C1(C)C. The van der Waals surface area contributed by atoms with E-state index >= 15 is 0 Å². The van der Waals surface area contributed by atoms with Crippen LogP contribution in [-0.4, -0.2) is 130 Å². The summed E-state index contributed by atoms with van der Waals surface area (Å²) in [5, 5.41) is 0. The van der Waals surface area contributed by atoms with Crippen molar-refractivity contribution in [2.75, 3.05) is 54.4 Å². The third-order valence-electron chi connectivity index (χ3n) is 10.7. The Bertz CT molecular complexity index is 907. The van der Waals surface area contributed by atoms with Gasteiger partial charge in [0.1, 0.15) is 0 Å². The van der Waals surface area contributed by atoms with Crippen molar-refractivity contribution < 1.29 is 9.59 Å². The number of likely N-dealkylation sites (tertiary alicyclic amines) is 2. The number of hydrogen-bond donors (Lipinski definition) is 0. The molecule has 0 spiro atoms. The minimum atomic E-state index is -0.171. The van der Waals surface area contributed by atoms with E-state index in [1.807, 2.05) is 40.3 Å². The largest absolute Gasteiger partial charge is 0.331 e. The lowest BCUT2D eigenvalue weighted by Crippen LogP contribution is -2.69. The average molecular weight is 617 g/mol. The van der Waals surface area contributed by atoms with E-state index in [1.54, 1.807) is 9.80 Å². The molecule has 2 aliphatic rings. The first-order valence-corrected chi connectivity index (χ1v) is 17.0. The van der Waals surface area contributed by atoms with Crippen LogP contribution in [-0.2, 0) is 0 Å². The van der Waals surface area contributed by atoms with Crippen LogP contribution in [0.4, 0.5) is 9.59 Å². The Morgan fingerprint density at radius 2 is 0.955 bits per heavy atom. The fourth-order valence-electron chi connectivity index (χ4n) is 8.37. The van der Waals surface area contributed by atoms with E-state index in [9.17, 15) is 9.59 Å². The second-order valence-electron chi connectivity index (χ2n) is 16.0. The highest BCUT2D eigenvalue weighted by atomic mass is 16.2. The van der Waals surface area contributed by atoms with Gasteiger partial charge >= 0.3 is 12.1 Å². The van der Waals surface area contributed by atoms with Crippen molar-refractivity contribution in [2.24, 2.45) is 0 Å². The van der Waals surface area contributed by atoms with Crippen LogP contribution in [0, 0.1) is 0 Å². The molecule has 2 aliphatic heterocycles. The van der Waals surface area contributed by atoms with Gasteiger partial charge in [-0.15, -0.1) is 13.2 Å². The standard InChI is InChI=1S/C36H68N6O2/c1-15-25-41-33(3,4)23-21-29(35(41,7)8)39(31(43)37(11)12)27-19-17-18-20-28-40(32(44)38(13)14)30-22-24-34(5,6)42(26-16-2)36(30,9)10/h15-16,29-30H,1-2,17-28H2,3-14H3. The predicted octanol–water partition coefficient (Wildman–Crippen LogP) is 6.93. The third-order valence-corrected chi connectivity index (χ3v) is 10.7. The molecule has 0 radical (unpaired) electrons. The average Bonchev–Trinajstić information content (AvgIpc) is 2.91. The second kappa shape index (κ2) is 15.0. The van der Waals surface area contributed by atoms with Gasteiger partial charge in [0.15, 0.2) is 0 Å². The summed E-state index contributed by atoms with van der Waals surface area (Å²) in [5.41, 5.74) is -0.227. The van der Waals surface area contributed by atoms with Crippen LogP contribution in [0.3, 0.4) is 0 Å². The molecule has 0 bridgehead atoms. The normalized spacial score (nSPS) is 24.3. The van der Waals surface area contributed by atoms with E-state index in [4.69, 9.17) is 0 Å². The molecular weight excluding hydrogens is 548 g/mol. The maximum atomic E-state index is 13.5. The molecule has 0 N–H and O–H groups in total. The lowest BCUT2D eigenvalue weighted by molar-refractivity contribution is -0.0688. The summed E-state index contributed by atoms with van der Waals surface area (Å²) in [4.78, 5) is 39.8. The van der Waals surface area contributed by atoms with Gasteiger partial charge in [0.2, 0.25) is 0 Å². The van der Waals surface area contributed by atoms with Crippen LogP contribution in [0.25, 0.3) is 0 Å². The summed E-state index contributed by atoms with van der Waals surface area (Å²) >= 11 is 0. The Morgan fingerprint density at radius 1 is 0.636 bits per heavy atom. The molecule has 2 unspecified atom stereocenters. The Balaban J connectivity index is 2.10. The van der Waals surface area contributed by atoms with Crippen molar-refractivity contribution in [1.82, 2.24) is 29.4 Å². The molecule has 8 heteroatoms. The summed E-state index contributed by atoms with van der Waals surface area (Å²) < 4.78 is 0. The molecule has 254 valence electrons. The Hall–Kier alpha value is -2.06. The number of piperidine rings is 2. The lowest BCUT2D eigenvalue weighted by atomic mass is 9.75. The summed E-state index contributed by atoms with van der Waals surface area (Å²) in [6.45, 7) is 29.5. The fourth-order valence-corrected chi connectivity index (χ4v) is 8.37. The minimum absolute atomic E-state index is 0.0578. The van der Waals surface area contributed by atoms with Crippen molar-refractivity contribution in [3.8, 4) is 0 Å². The number of rotatable bonds is 13. The fraction of sp³-hybridized carbons (Fsp3) is 0.833. The molecule has 2 saturated heterocycles. The van der Waals surface area contributed by atoms with E-state index in [0.717, 1.165) is 77.5 Å². The molecular formula is C36H68N6O2. The maximum Gasteiger partial charge on any atom is 0.319 e. The lowest BCUT2D eigenvalue weighted by Gasteiger charge is -2.58. The van der Waals surface area contributed by atoms with Crippen molar-refractivity contribution in [2.45, 2.75) is 141 Å². The third kappa shape index (κ3) is 8.39. The van der Waals surface area contributed by atoms with Crippen LogP contribution in [0.2, 0.25) is 0 Å². The van der Waals surface area contributed by atoms with Gasteiger partial charge in [-0.25, -0.2) is 9.59 Å². The molecule has 0 aromatic carbocycles. The highest BCUT2D eigenvalue weighted by Gasteiger charge is 2.51.